The maximum Gasteiger partial charge on any atom is 0.235 e. The van der Waals surface area contributed by atoms with Gasteiger partial charge in [0.05, 0.1) is 29.8 Å². The van der Waals surface area contributed by atoms with Gasteiger partial charge in [-0.05, 0) is 50.6 Å². The van der Waals surface area contributed by atoms with Gasteiger partial charge in [0.2, 0.25) is 10.0 Å². The monoisotopic (exact) mass is 323 g/mol. The third-order valence-corrected chi connectivity index (χ3v) is 4.28. The van der Waals surface area contributed by atoms with Gasteiger partial charge in [0.15, 0.2) is 0 Å². The minimum absolute atomic E-state index is 0.0188. The number of nitrogens with zero attached hydrogens (tertiary/aromatic N) is 2. The third-order valence-electron chi connectivity index (χ3n) is 3.05. The molecule has 1 aromatic heterocycles. The fraction of sp³-hybridized carbons (Fsp3) is 0.400. The Morgan fingerprint density at radius 3 is 2.73 bits per heavy atom. The van der Waals surface area contributed by atoms with Crippen LogP contribution in [0.3, 0.4) is 0 Å². The number of anilines is 1. The molecule has 2 rings (SSSR count). The summed E-state index contributed by atoms with van der Waals surface area (Å²) >= 11 is 0. The van der Waals surface area contributed by atoms with Crippen LogP contribution in [0, 0.1) is 6.92 Å². The molecule has 0 aliphatic heterocycles. The van der Waals surface area contributed by atoms with Crippen LogP contribution in [0.4, 0.5) is 5.69 Å². The Labute approximate surface area is 131 Å². The van der Waals surface area contributed by atoms with Crippen LogP contribution in [-0.4, -0.2) is 36.7 Å². The molecule has 6 nitrogen and oxygen atoms in total. The number of ether oxygens (including phenoxy) is 1. The summed E-state index contributed by atoms with van der Waals surface area (Å²) in [6, 6.07) is 7.28. The van der Waals surface area contributed by atoms with Crippen molar-refractivity contribution in [1.82, 2.24) is 9.78 Å². The van der Waals surface area contributed by atoms with Crippen molar-refractivity contribution in [2.24, 2.45) is 0 Å². The zero-order chi connectivity index (χ0) is 16.2. The first-order valence-corrected chi connectivity index (χ1v) is 8.75. The summed E-state index contributed by atoms with van der Waals surface area (Å²) < 4.78 is 33.7. The number of aromatic nitrogens is 2. The highest BCUT2D eigenvalue weighted by Gasteiger charge is 2.13. The Kier molecular flexibility index (Phi) is 5.20. The van der Waals surface area contributed by atoms with Gasteiger partial charge >= 0.3 is 0 Å². The molecule has 0 radical (unpaired) electrons. The number of nitrogens with one attached hydrogen (secondary N) is 1. The van der Waals surface area contributed by atoms with E-state index in [1.807, 2.05) is 45.2 Å². The van der Waals surface area contributed by atoms with Crippen LogP contribution in [0.2, 0.25) is 0 Å². The number of hydrogen-bond acceptors (Lipinski definition) is 4. The number of rotatable bonds is 7. The summed E-state index contributed by atoms with van der Waals surface area (Å²) in [6.45, 7) is 5.78. The molecule has 0 saturated heterocycles. The van der Waals surface area contributed by atoms with Crippen LogP contribution in [0.1, 0.15) is 19.4 Å². The second-order valence-electron chi connectivity index (χ2n) is 5.29. The quantitative estimate of drug-likeness (QED) is 0.849. The van der Waals surface area contributed by atoms with Gasteiger partial charge in [-0.2, -0.15) is 5.10 Å². The molecule has 1 heterocycles. The van der Waals surface area contributed by atoms with E-state index in [1.165, 1.54) is 0 Å². The van der Waals surface area contributed by atoms with Crippen molar-refractivity contribution in [1.29, 1.82) is 0 Å². The fourth-order valence-corrected chi connectivity index (χ4v) is 2.92. The minimum Gasteiger partial charge on any atom is -0.378 e. The van der Waals surface area contributed by atoms with E-state index in [-0.39, 0.29) is 18.5 Å². The van der Waals surface area contributed by atoms with E-state index in [1.54, 1.807) is 16.9 Å². The highest BCUT2D eigenvalue weighted by atomic mass is 32.2. The lowest BCUT2D eigenvalue weighted by atomic mass is 10.2. The maximum atomic E-state index is 12.0. The van der Waals surface area contributed by atoms with Gasteiger partial charge in [-0.15, -0.1) is 0 Å². The minimum atomic E-state index is -3.42. The molecule has 0 aliphatic carbocycles. The second-order valence-corrected chi connectivity index (χ2v) is 7.13. The number of hydrogen-bond donors (Lipinski definition) is 1. The molecule has 0 bridgehead atoms. The summed E-state index contributed by atoms with van der Waals surface area (Å²) in [7, 11) is -3.42. The molecule has 0 unspecified atom stereocenters. The Bertz CT molecular complexity index is 710. The number of sulfonamides is 1. The van der Waals surface area contributed by atoms with Gasteiger partial charge in [-0.3, -0.25) is 4.72 Å². The molecule has 0 fully saturated rings. The van der Waals surface area contributed by atoms with Crippen LogP contribution < -0.4 is 4.72 Å². The summed E-state index contributed by atoms with van der Waals surface area (Å²) in [4.78, 5) is 0. The van der Waals surface area contributed by atoms with Gasteiger partial charge in [-0.1, -0.05) is 0 Å². The van der Waals surface area contributed by atoms with E-state index >= 15 is 0 Å². The number of benzene rings is 1. The van der Waals surface area contributed by atoms with Crippen LogP contribution >= 0.6 is 0 Å². The van der Waals surface area contributed by atoms with Crippen LogP contribution in [-0.2, 0) is 14.8 Å². The molecule has 22 heavy (non-hydrogen) atoms. The predicted molar refractivity (Wildman–Crippen MR) is 86.8 cm³/mol. The van der Waals surface area contributed by atoms with Gasteiger partial charge in [-0.25, -0.2) is 13.1 Å². The van der Waals surface area contributed by atoms with Crippen LogP contribution in [0.25, 0.3) is 5.69 Å². The first kappa shape index (κ1) is 16.5. The third kappa shape index (κ3) is 4.57. The van der Waals surface area contributed by atoms with Crippen molar-refractivity contribution in [3.8, 4) is 5.69 Å². The van der Waals surface area contributed by atoms with Gasteiger partial charge in [0.25, 0.3) is 0 Å². The molecule has 1 aromatic carbocycles. The normalized spacial score (nSPS) is 11.8. The lowest BCUT2D eigenvalue weighted by Crippen LogP contribution is -2.22. The summed E-state index contributed by atoms with van der Waals surface area (Å²) in [5.41, 5.74) is 2.29. The van der Waals surface area contributed by atoms with Crippen molar-refractivity contribution >= 4 is 15.7 Å². The first-order valence-electron chi connectivity index (χ1n) is 7.10. The van der Waals surface area contributed by atoms with E-state index < -0.39 is 10.0 Å². The molecule has 0 saturated carbocycles. The topological polar surface area (TPSA) is 73.2 Å². The van der Waals surface area contributed by atoms with Crippen LogP contribution in [0.5, 0.6) is 0 Å². The molecule has 0 atom stereocenters. The largest absolute Gasteiger partial charge is 0.378 e. The fourth-order valence-electron chi connectivity index (χ4n) is 1.94. The molecular formula is C15H21N3O3S. The average Bonchev–Trinajstić information content (AvgIpc) is 2.94. The van der Waals surface area contributed by atoms with Gasteiger partial charge < -0.3 is 4.74 Å². The van der Waals surface area contributed by atoms with E-state index in [0.29, 0.717) is 5.69 Å². The average molecular weight is 323 g/mol. The molecule has 120 valence electrons. The highest BCUT2D eigenvalue weighted by Crippen LogP contribution is 2.20. The summed E-state index contributed by atoms with van der Waals surface area (Å²) in [6.07, 6.45) is 3.55. The van der Waals surface area contributed by atoms with E-state index in [0.717, 1.165) is 11.3 Å². The molecule has 1 N–H and O–H groups in total. The Balaban J connectivity index is 2.07. The molecule has 0 aliphatic rings. The Hall–Kier alpha value is -1.86. The summed E-state index contributed by atoms with van der Waals surface area (Å²) in [5, 5.41) is 4.15. The van der Waals surface area contributed by atoms with Crippen LogP contribution in [0.15, 0.2) is 36.7 Å². The highest BCUT2D eigenvalue weighted by molar-refractivity contribution is 7.92. The zero-order valence-corrected chi connectivity index (χ0v) is 13.8. The predicted octanol–water partition coefficient (Wildman–Crippen LogP) is 2.35. The molecule has 0 spiro atoms. The standard InChI is InChI=1S/C15H21N3O3S/c1-12(2)21-9-10-22(19,20)17-15-6-5-14(11-13(15)3)18-8-4-7-16-18/h4-8,11-12,17H,9-10H2,1-3H3. The van der Waals surface area contributed by atoms with Crippen molar-refractivity contribution in [2.45, 2.75) is 26.9 Å². The smallest absolute Gasteiger partial charge is 0.235 e. The molecule has 7 heteroatoms. The molecule has 2 aromatic rings. The molecular weight excluding hydrogens is 302 g/mol. The van der Waals surface area contributed by atoms with Crippen molar-refractivity contribution in [3.63, 3.8) is 0 Å². The Morgan fingerprint density at radius 1 is 1.36 bits per heavy atom. The van der Waals surface area contributed by atoms with Gasteiger partial charge in [0, 0.05) is 12.4 Å². The Morgan fingerprint density at radius 2 is 2.14 bits per heavy atom. The van der Waals surface area contributed by atoms with E-state index in [9.17, 15) is 8.42 Å². The lowest BCUT2D eigenvalue weighted by Gasteiger charge is -2.13. The lowest BCUT2D eigenvalue weighted by molar-refractivity contribution is 0.0913. The second kappa shape index (κ2) is 6.93. The first-order chi connectivity index (χ1) is 10.4. The number of aryl methyl sites for hydroxylation is 1. The van der Waals surface area contributed by atoms with Crippen molar-refractivity contribution < 1.29 is 13.2 Å². The molecule has 0 amide bonds. The summed E-state index contributed by atoms with van der Waals surface area (Å²) in [5.74, 6) is -0.0640. The van der Waals surface area contributed by atoms with Crippen molar-refractivity contribution in [3.05, 3.63) is 42.2 Å². The van der Waals surface area contributed by atoms with Crippen molar-refractivity contribution in [2.75, 3.05) is 17.1 Å². The SMILES string of the molecule is Cc1cc(-n2cccn2)ccc1NS(=O)(=O)CCOC(C)C. The zero-order valence-electron chi connectivity index (χ0n) is 13.0. The van der Waals surface area contributed by atoms with Gasteiger partial charge in [0.1, 0.15) is 0 Å². The van der Waals surface area contributed by atoms with E-state index in [2.05, 4.69) is 9.82 Å². The van der Waals surface area contributed by atoms with E-state index in [4.69, 9.17) is 4.74 Å². The maximum absolute atomic E-state index is 12.0.